The fourth-order valence-corrected chi connectivity index (χ4v) is 3.06. The van der Waals surface area contributed by atoms with Crippen molar-refractivity contribution in [3.05, 3.63) is 44.9 Å². The smallest absolute Gasteiger partial charge is 0.332 e. The molecule has 0 radical (unpaired) electrons. The van der Waals surface area contributed by atoms with Gasteiger partial charge in [-0.1, -0.05) is 6.08 Å². The number of aryl methyl sites for hydroxylation is 2. The van der Waals surface area contributed by atoms with Gasteiger partial charge in [0.2, 0.25) is 5.78 Å². The fraction of sp³-hybridized carbons (Fsp3) is 0.438. The summed E-state index contributed by atoms with van der Waals surface area (Å²) < 4.78 is 11.6. The topological polar surface area (TPSA) is 75.5 Å². The first-order valence-electron chi connectivity index (χ1n) is 7.71. The molecule has 0 unspecified atom stereocenters. The SMILES string of the molecule is C=CCn1c(=O)c2c(nc3n(CCOC)c(C)c(C)n23)n(C)c1=O. The summed E-state index contributed by atoms with van der Waals surface area (Å²) in [6.07, 6.45) is 1.54. The van der Waals surface area contributed by atoms with Gasteiger partial charge in [-0.3, -0.25) is 18.3 Å². The molecule has 0 N–H and O–H groups in total. The lowest BCUT2D eigenvalue weighted by molar-refractivity contribution is 0.187. The van der Waals surface area contributed by atoms with Crippen molar-refractivity contribution in [3.8, 4) is 0 Å². The van der Waals surface area contributed by atoms with Crippen LogP contribution < -0.4 is 11.2 Å². The lowest BCUT2D eigenvalue weighted by Crippen LogP contribution is -2.39. The van der Waals surface area contributed by atoms with Crippen LogP contribution in [0.25, 0.3) is 16.9 Å². The molecule has 128 valence electrons. The Labute approximate surface area is 138 Å². The van der Waals surface area contributed by atoms with Crippen molar-refractivity contribution >= 4 is 16.9 Å². The van der Waals surface area contributed by atoms with Crippen molar-refractivity contribution in [1.82, 2.24) is 23.1 Å². The van der Waals surface area contributed by atoms with Crippen LogP contribution in [0.4, 0.5) is 0 Å². The molecule has 8 nitrogen and oxygen atoms in total. The van der Waals surface area contributed by atoms with Crippen LogP contribution >= 0.6 is 0 Å². The molecule has 0 amide bonds. The van der Waals surface area contributed by atoms with Gasteiger partial charge < -0.3 is 9.30 Å². The van der Waals surface area contributed by atoms with Gasteiger partial charge in [-0.05, 0) is 13.8 Å². The fourth-order valence-electron chi connectivity index (χ4n) is 3.06. The standard InChI is InChI=1S/C16H21N5O3/c1-6-7-20-14(22)12-13(18(4)16(20)23)17-15-19(8-9-24-5)10(2)11(3)21(12)15/h6H,1,7-9H2,2-5H3. The number of fused-ring (bicyclic) bond motifs is 3. The molecule has 0 aliphatic heterocycles. The molecule has 3 aromatic rings. The van der Waals surface area contributed by atoms with Crippen LogP contribution in [0.1, 0.15) is 11.4 Å². The van der Waals surface area contributed by atoms with E-state index in [4.69, 9.17) is 4.74 Å². The normalized spacial score (nSPS) is 11.7. The van der Waals surface area contributed by atoms with E-state index in [0.29, 0.717) is 30.1 Å². The first kappa shape index (κ1) is 16.3. The molecule has 0 spiro atoms. The van der Waals surface area contributed by atoms with Gasteiger partial charge in [0, 0.05) is 38.6 Å². The second-order valence-electron chi connectivity index (χ2n) is 5.78. The van der Waals surface area contributed by atoms with Crippen LogP contribution in [0.2, 0.25) is 0 Å². The van der Waals surface area contributed by atoms with Crippen molar-refractivity contribution < 1.29 is 4.74 Å². The number of allylic oxidation sites excluding steroid dienone is 1. The van der Waals surface area contributed by atoms with Crippen molar-refractivity contribution in [2.75, 3.05) is 13.7 Å². The number of hydrogen-bond acceptors (Lipinski definition) is 4. The van der Waals surface area contributed by atoms with Crippen LogP contribution in [0.3, 0.4) is 0 Å². The number of nitrogens with zero attached hydrogens (tertiary/aromatic N) is 5. The highest BCUT2D eigenvalue weighted by Crippen LogP contribution is 2.20. The molecule has 0 fully saturated rings. The minimum atomic E-state index is -0.397. The minimum Gasteiger partial charge on any atom is -0.383 e. The highest BCUT2D eigenvalue weighted by molar-refractivity contribution is 5.76. The van der Waals surface area contributed by atoms with E-state index in [1.54, 1.807) is 14.2 Å². The maximum atomic E-state index is 12.9. The first-order chi connectivity index (χ1) is 11.4. The summed E-state index contributed by atoms with van der Waals surface area (Å²) in [5.74, 6) is 0.639. The van der Waals surface area contributed by atoms with Gasteiger partial charge in [-0.2, -0.15) is 4.98 Å². The zero-order valence-corrected chi connectivity index (χ0v) is 14.4. The molecular weight excluding hydrogens is 310 g/mol. The van der Waals surface area contributed by atoms with E-state index in [0.717, 1.165) is 11.4 Å². The van der Waals surface area contributed by atoms with Crippen LogP contribution in [0, 0.1) is 13.8 Å². The summed E-state index contributed by atoms with van der Waals surface area (Å²) in [6.45, 7) is 8.86. The number of aromatic nitrogens is 5. The van der Waals surface area contributed by atoms with Crippen molar-refractivity contribution in [2.45, 2.75) is 26.9 Å². The Hall–Kier alpha value is -2.61. The molecule has 8 heteroatoms. The van der Waals surface area contributed by atoms with E-state index < -0.39 is 5.69 Å². The summed E-state index contributed by atoms with van der Waals surface area (Å²) >= 11 is 0. The number of hydrogen-bond donors (Lipinski definition) is 0. The molecule has 0 saturated carbocycles. The predicted octanol–water partition coefficient (Wildman–Crippen LogP) is 0.599. The van der Waals surface area contributed by atoms with Gasteiger partial charge in [0.05, 0.1) is 6.61 Å². The molecule has 0 aliphatic rings. The number of rotatable bonds is 5. The van der Waals surface area contributed by atoms with Gasteiger partial charge in [0.25, 0.3) is 5.56 Å². The second-order valence-corrected chi connectivity index (χ2v) is 5.78. The lowest BCUT2D eigenvalue weighted by Gasteiger charge is -2.06. The summed E-state index contributed by atoms with van der Waals surface area (Å²) in [5, 5.41) is 0. The summed E-state index contributed by atoms with van der Waals surface area (Å²) in [7, 11) is 3.26. The Morgan fingerprint density at radius 2 is 1.92 bits per heavy atom. The van der Waals surface area contributed by atoms with Crippen LogP contribution in [-0.4, -0.2) is 36.8 Å². The predicted molar refractivity (Wildman–Crippen MR) is 91.7 cm³/mol. The summed E-state index contributed by atoms with van der Waals surface area (Å²) in [6, 6.07) is 0. The van der Waals surface area contributed by atoms with Crippen molar-refractivity contribution in [2.24, 2.45) is 7.05 Å². The largest absolute Gasteiger partial charge is 0.383 e. The lowest BCUT2D eigenvalue weighted by atomic mass is 10.3. The van der Waals surface area contributed by atoms with Crippen molar-refractivity contribution in [1.29, 1.82) is 0 Å². The number of ether oxygens (including phenoxy) is 1. The highest BCUT2D eigenvalue weighted by atomic mass is 16.5. The maximum absolute atomic E-state index is 12.9. The molecule has 3 heterocycles. The Balaban J connectivity index is 2.49. The molecule has 3 rings (SSSR count). The molecule has 0 atom stereocenters. The van der Waals surface area contributed by atoms with Gasteiger partial charge in [-0.25, -0.2) is 4.79 Å². The third-order valence-corrected chi connectivity index (χ3v) is 4.46. The van der Waals surface area contributed by atoms with Crippen molar-refractivity contribution in [3.63, 3.8) is 0 Å². The molecule has 24 heavy (non-hydrogen) atoms. The van der Waals surface area contributed by atoms with Crippen LogP contribution in [-0.2, 0) is 24.9 Å². The van der Waals surface area contributed by atoms with E-state index in [1.165, 1.54) is 15.2 Å². The summed E-state index contributed by atoms with van der Waals surface area (Å²) in [4.78, 5) is 29.8. The highest BCUT2D eigenvalue weighted by Gasteiger charge is 2.21. The maximum Gasteiger partial charge on any atom is 0.332 e. The Morgan fingerprint density at radius 3 is 2.54 bits per heavy atom. The first-order valence-corrected chi connectivity index (χ1v) is 7.71. The Morgan fingerprint density at radius 1 is 1.21 bits per heavy atom. The number of imidazole rings is 2. The van der Waals surface area contributed by atoms with E-state index in [-0.39, 0.29) is 12.1 Å². The third-order valence-electron chi connectivity index (χ3n) is 4.46. The Kier molecular flexibility index (Phi) is 3.92. The van der Waals surface area contributed by atoms with Gasteiger partial charge in [0.15, 0.2) is 11.2 Å². The van der Waals surface area contributed by atoms with Gasteiger partial charge in [0.1, 0.15) is 0 Å². The van der Waals surface area contributed by atoms with E-state index in [1.807, 2.05) is 22.8 Å². The third kappa shape index (κ3) is 2.06. The van der Waals surface area contributed by atoms with Crippen LogP contribution in [0.5, 0.6) is 0 Å². The quantitative estimate of drug-likeness (QED) is 0.642. The average Bonchev–Trinajstić information content (AvgIpc) is 3.05. The Bertz CT molecular complexity index is 1060. The minimum absolute atomic E-state index is 0.164. The zero-order chi connectivity index (χ0) is 17.6. The molecule has 3 aromatic heterocycles. The second kappa shape index (κ2) is 5.79. The molecule has 0 aliphatic carbocycles. The monoisotopic (exact) mass is 331 g/mol. The van der Waals surface area contributed by atoms with E-state index >= 15 is 0 Å². The average molecular weight is 331 g/mol. The van der Waals surface area contributed by atoms with Crippen LogP contribution in [0.15, 0.2) is 22.2 Å². The van der Waals surface area contributed by atoms with Gasteiger partial charge >= 0.3 is 5.69 Å². The number of methoxy groups -OCH3 is 1. The molecular formula is C16H21N5O3. The zero-order valence-electron chi connectivity index (χ0n) is 14.4. The van der Waals surface area contributed by atoms with E-state index in [2.05, 4.69) is 11.6 Å². The van der Waals surface area contributed by atoms with E-state index in [9.17, 15) is 9.59 Å². The molecule has 0 saturated heterocycles. The summed E-state index contributed by atoms with van der Waals surface area (Å²) in [5.41, 5.74) is 1.98. The molecule has 0 aromatic carbocycles. The van der Waals surface area contributed by atoms with Gasteiger partial charge in [-0.15, -0.1) is 6.58 Å². The molecule has 0 bridgehead atoms.